The molecule has 0 unspecified atom stereocenters. The number of nitrogens with two attached hydrogens (primary N) is 1. The van der Waals surface area contributed by atoms with Crippen LogP contribution >= 0.6 is 0 Å². The molecule has 4 heteroatoms. The van der Waals surface area contributed by atoms with Crippen molar-refractivity contribution in [2.75, 3.05) is 7.05 Å². The Morgan fingerprint density at radius 3 is 2.42 bits per heavy atom. The highest BCUT2D eigenvalue weighted by atomic mass is 16.1. The van der Waals surface area contributed by atoms with Gasteiger partial charge in [-0.1, -0.05) is 0 Å². The smallest absolute Gasteiger partial charge is 0.259 e. The molecule has 0 aromatic heterocycles. The maximum atomic E-state index is 10.6. The minimum atomic E-state index is -0.694. The van der Waals surface area contributed by atoms with Crippen LogP contribution in [-0.2, 0) is 4.79 Å². The van der Waals surface area contributed by atoms with E-state index in [-0.39, 0.29) is 11.1 Å². The fourth-order valence-corrected chi connectivity index (χ4v) is 0.592. The molecule has 0 spiro atoms. The lowest BCUT2D eigenvalue weighted by molar-refractivity contribution is -0.114. The van der Waals surface area contributed by atoms with Gasteiger partial charge in [-0.3, -0.25) is 4.79 Å². The zero-order chi connectivity index (χ0) is 9.78. The maximum absolute atomic E-state index is 10.6. The summed E-state index contributed by atoms with van der Waals surface area (Å²) in [4.78, 5) is 10.6. The van der Waals surface area contributed by atoms with Crippen molar-refractivity contribution in [3.63, 3.8) is 0 Å². The number of likely N-dealkylation sites (N-methyl/N-ethyl adjacent to an activating group) is 1. The molecule has 0 radical (unpaired) electrons. The van der Waals surface area contributed by atoms with Crippen LogP contribution in [0.1, 0.15) is 13.8 Å². The second-order valence-corrected chi connectivity index (χ2v) is 3.01. The van der Waals surface area contributed by atoms with Crippen LogP contribution < -0.4 is 11.1 Å². The number of carbonyl (C=O) groups is 1. The molecule has 0 aliphatic rings. The number of hydrogen-bond acceptors (Lipinski definition) is 3. The summed E-state index contributed by atoms with van der Waals surface area (Å²) in [6, 6.07) is 1.74. The number of rotatable bonds is 3. The summed E-state index contributed by atoms with van der Waals surface area (Å²) < 4.78 is 0. The molecule has 0 heterocycles. The summed E-state index contributed by atoms with van der Waals surface area (Å²) in [5.41, 5.74) is 4.54. The van der Waals surface area contributed by atoms with Crippen LogP contribution in [0.15, 0.2) is 11.6 Å². The Bertz CT molecular complexity index is 248. The first kappa shape index (κ1) is 10.7. The van der Waals surface area contributed by atoms with Crippen molar-refractivity contribution in [3.8, 4) is 6.07 Å². The lowest BCUT2D eigenvalue weighted by Crippen LogP contribution is -2.35. The highest BCUT2D eigenvalue weighted by Gasteiger charge is 2.14. The zero-order valence-electron chi connectivity index (χ0n) is 7.51. The fourth-order valence-electron chi connectivity index (χ4n) is 0.592. The first-order valence-electron chi connectivity index (χ1n) is 3.54. The number of primary amides is 1. The van der Waals surface area contributed by atoms with E-state index in [1.54, 1.807) is 13.1 Å². The van der Waals surface area contributed by atoms with Crippen molar-refractivity contribution in [1.82, 2.24) is 5.32 Å². The molecular formula is C8H13N3O. The molecular weight excluding hydrogens is 154 g/mol. The summed E-state index contributed by atoms with van der Waals surface area (Å²) in [7, 11) is 1.74. The number of nitrogens with zero attached hydrogens (tertiary/aromatic N) is 1. The van der Waals surface area contributed by atoms with E-state index in [9.17, 15) is 4.79 Å². The molecule has 0 aromatic carbocycles. The molecule has 0 aromatic rings. The third kappa shape index (κ3) is 3.17. The van der Waals surface area contributed by atoms with Crippen molar-refractivity contribution in [2.45, 2.75) is 19.4 Å². The fraction of sp³-hybridized carbons (Fsp3) is 0.500. The largest absolute Gasteiger partial charge is 0.365 e. The molecule has 0 fully saturated rings. The van der Waals surface area contributed by atoms with Crippen molar-refractivity contribution in [1.29, 1.82) is 5.26 Å². The van der Waals surface area contributed by atoms with Gasteiger partial charge in [0.1, 0.15) is 11.6 Å². The Kier molecular flexibility index (Phi) is 3.45. The molecule has 0 atom stereocenters. The van der Waals surface area contributed by atoms with Crippen molar-refractivity contribution >= 4 is 5.91 Å². The molecule has 12 heavy (non-hydrogen) atoms. The van der Waals surface area contributed by atoms with Crippen molar-refractivity contribution in [3.05, 3.63) is 11.6 Å². The molecule has 0 aliphatic carbocycles. The number of carbonyl (C=O) groups excluding carboxylic acids is 1. The predicted octanol–water partition coefficient (Wildman–Crippen LogP) is -0.0803. The van der Waals surface area contributed by atoms with E-state index in [2.05, 4.69) is 5.32 Å². The van der Waals surface area contributed by atoms with Crippen LogP contribution in [0.25, 0.3) is 0 Å². The number of nitrogens with one attached hydrogen (secondary N) is 1. The van der Waals surface area contributed by atoms with Gasteiger partial charge in [0.05, 0.1) is 0 Å². The van der Waals surface area contributed by atoms with Gasteiger partial charge in [-0.2, -0.15) is 5.26 Å². The lowest BCUT2D eigenvalue weighted by atomic mass is 10.0. The second-order valence-electron chi connectivity index (χ2n) is 3.01. The van der Waals surface area contributed by atoms with Crippen LogP contribution in [0.5, 0.6) is 0 Å². The highest BCUT2D eigenvalue weighted by molar-refractivity contribution is 5.96. The van der Waals surface area contributed by atoms with Crippen LogP contribution in [0.2, 0.25) is 0 Å². The maximum Gasteiger partial charge on any atom is 0.259 e. The minimum absolute atomic E-state index is 0.0191. The van der Waals surface area contributed by atoms with Crippen molar-refractivity contribution < 1.29 is 4.79 Å². The Hall–Kier alpha value is -1.34. The lowest BCUT2D eigenvalue weighted by Gasteiger charge is -2.18. The van der Waals surface area contributed by atoms with E-state index in [4.69, 9.17) is 11.0 Å². The van der Waals surface area contributed by atoms with Crippen LogP contribution in [0, 0.1) is 11.3 Å². The number of nitriles is 1. The van der Waals surface area contributed by atoms with Crippen molar-refractivity contribution in [2.24, 2.45) is 5.73 Å². The summed E-state index contributed by atoms with van der Waals surface area (Å²) in [6.07, 6.45) is 1.51. The third-order valence-corrected chi connectivity index (χ3v) is 1.54. The Labute approximate surface area is 72.0 Å². The monoisotopic (exact) mass is 167 g/mol. The summed E-state index contributed by atoms with van der Waals surface area (Å²) >= 11 is 0. The summed E-state index contributed by atoms with van der Waals surface area (Å²) in [5.74, 6) is -0.694. The van der Waals surface area contributed by atoms with E-state index in [0.29, 0.717) is 0 Å². The first-order chi connectivity index (χ1) is 5.43. The SMILES string of the molecule is CNC(C)(C)C=C(C#N)C(N)=O. The average Bonchev–Trinajstić information content (AvgIpc) is 2.00. The van der Waals surface area contributed by atoms with Crippen LogP contribution in [-0.4, -0.2) is 18.5 Å². The Morgan fingerprint density at radius 1 is 1.67 bits per heavy atom. The predicted molar refractivity (Wildman–Crippen MR) is 46.0 cm³/mol. The van der Waals surface area contributed by atoms with Gasteiger partial charge in [0.25, 0.3) is 5.91 Å². The second kappa shape index (κ2) is 3.88. The minimum Gasteiger partial charge on any atom is -0.365 e. The molecule has 0 bridgehead atoms. The van der Waals surface area contributed by atoms with Gasteiger partial charge in [0.15, 0.2) is 0 Å². The zero-order valence-corrected chi connectivity index (χ0v) is 7.51. The van der Waals surface area contributed by atoms with Gasteiger partial charge < -0.3 is 11.1 Å². The summed E-state index contributed by atoms with van der Waals surface area (Å²) in [5, 5.41) is 11.4. The Morgan fingerprint density at radius 2 is 2.17 bits per heavy atom. The van der Waals surface area contributed by atoms with Gasteiger partial charge >= 0.3 is 0 Å². The molecule has 0 rings (SSSR count). The Balaban J connectivity index is 4.75. The topological polar surface area (TPSA) is 78.9 Å². The number of hydrogen-bond donors (Lipinski definition) is 2. The molecule has 0 aliphatic heterocycles. The van der Waals surface area contributed by atoms with Crippen LogP contribution in [0.4, 0.5) is 0 Å². The molecule has 1 amide bonds. The van der Waals surface area contributed by atoms with Gasteiger partial charge in [-0.05, 0) is 27.0 Å². The molecule has 4 nitrogen and oxygen atoms in total. The highest BCUT2D eigenvalue weighted by Crippen LogP contribution is 2.06. The van der Waals surface area contributed by atoms with E-state index < -0.39 is 5.91 Å². The van der Waals surface area contributed by atoms with Gasteiger partial charge in [-0.25, -0.2) is 0 Å². The molecule has 0 saturated carbocycles. The molecule has 0 saturated heterocycles. The van der Waals surface area contributed by atoms with Gasteiger partial charge in [0, 0.05) is 5.54 Å². The van der Waals surface area contributed by atoms with Gasteiger partial charge in [-0.15, -0.1) is 0 Å². The summed E-state index contributed by atoms with van der Waals surface area (Å²) in [6.45, 7) is 3.68. The standard InChI is InChI=1S/C8H13N3O/c1-8(2,11-3)4-6(5-9)7(10)12/h4,11H,1-3H3,(H2,10,12). The average molecular weight is 167 g/mol. The third-order valence-electron chi connectivity index (χ3n) is 1.54. The number of amides is 1. The van der Waals surface area contributed by atoms with E-state index in [1.807, 2.05) is 13.8 Å². The van der Waals surface area contributed by atoms with Crippen LogP contribution in [0.3, 0.4) is 0 Å². The van der Waals surface area contributed by atoms with E-state index in [0.717, 1.165) is 0 Å². The van der Waals surface area contributed by atoms with Gasteiger partial charge in [0.2, 0.25) is 0 Å². The quantitative estimate of drug-likeness (QED) is 0.456. The normalized spacial score (nSPS) is 12.3. The molecule has 66 valence electrons. The first-order valence-corrected chi connectivity index (χ1v) is 3.54. The van der Waals surface area contributed by atoms with E-state index in [1.165, 1.54) is 6.08 Å². The van der Waals surface area contributed by atoms with E-state index >= 15 is 0 Å². The molecule has 3 N–H and O–H groups in total.